The summed E-state index contributed by atoms with van der Waals surface area (Å²) in [5.41, 5.74) is 0.663. The largest absolute Gasteiger partial charge is 0.447 e. The second-order valence-electron chi connectivity index (χ2n) is 5.95. The Labute approximate surface area is 134 Å². The number of carbonyl (C=O) groups excluding carboxylic acids is 2. The van der Waals surface area contributed by atoms with E-state index in [4.69, 9.17) is 16.3 Å². The van der Waals surface area contributed by atoms with E-state index in [1.54, 1.807) is 13.0 Å². The van der Waals surface area contributed by atoms with Crippen LogP contribution in [-0.2, 0) is 16.0 Å². The summed E-state index contributed by atoms with van der Waals surface area (Å²) < 4.78 is 18.4. The molecule has 1 fully saturated rings. The lowest BCUT2D eigenvalue weighted by Crippen LogP contribution is -2.44. The molecule has 0 spiro atoms. The number of hydrogen-bond acceptors (Lipinski definition) is 3. The maximum Gasteiger partial charge on any atom is 0.416 e. The second-order valence-corrected chi connectivity index (χ2v) is 6.36. The summed E-state index contributed by atoms with van der Waals surface area (Å²) in [7, 11) is 0. The van der Waals surface area contributed by atoms with Gasteiger partial charge in [0.15, 0.2) is 0 Å². The van der Waals surface area contributed by atoms with Crippen molar-refractivity contribution in [1.29, 1.82) is 0 Å². The van der Waals surface area contributed by atoms with Crippen molar-refractivity contribution in [2.24, 2.45) is 11.8 Å². The molecule has 2 amide bonds. The van der Waals surface area contributed by atoms with Gasteiger partial charge in [-0.15, -0.1) is 0 Å². The van der Waals surface area contributed by atoms with Gasteiger partial charge in [-0.05, 0) is 30.0 Å². The van der Waals surface area contributed by atoms with E-state index in [0.717, 1.165) is 0 Å². The molecular weight excluding hydrogens is 309 g/mol. The van der Waals surface area contributed by atoms with Crippen molar-refractivity contribution in [3.8, 4) is 0 Å². The third kappa shape index (κ3) is 3.40. The molecule has 2 atom stereocenters. The Kier molecular flexibility index (Phi) is 5.06. The van der Waals surface area contributed by atoms with Crippen LogP contribution in [0.4, 0.5) is 9.18 Å². The molecule has 0 N–H and O–H groups in total. The molecule has 120 valence electrons. The van der Waals surface area contributed by atoms with E-state index < -0.39 is 17.8 Å². The van der Waals surface area contributed by atoms with Crippen LogP contribution >= 0.6 is 11.6 Å². The van der Waals surface area contributed by atoms with Gasteiger partial charge < -0.3 is 4.74 Å². The smallest absolute Gasteiger partial charge is 0.416 e. The third-order valence-electron chi connectivity index (χ3n) is 3.86. The average molecular weight is 328 g/mol. The first-order chi connectivity index (χ1) is 10.3. The van der Waals surface area contributed by atoms with Gasteiger partial charge in [0.25, 0.3) is 0 Å². The monoisotopic (exact) mass is 327 g/mol. The first kappa shape index (κ1) is 16.7. The van der Waals surface area contributed by atoms with Gasteiger partial charge >= 0.3 is 6.09 Å². The van der Waals surface area contributed by atoms with E-state index in [9.17, 15) is 14.0 Å². The Bertz CT molecular complexity index is 591. The number of benzene rings is 1. The molecule has 2 rings (SSSR count). The quantitative estimate of drug-likeness (QED) is 0.847. The van der Waals surface area contributed by atoms with Gasteiger partial charge in [-0.1, -0.05) is 38.4 Å². The molecule has 1 aromatic rings. The molecule has 4 nitrogen and oxygen atoms in total. The van der Waals surface area contributed by atoms with Gasteiger partial charge in [0.05, 0.1) is 11.1 Å². The molecule has 0 aliphatic carbocycles. The zero-order valence-electron chi connectivity index (χ0n) is 12.8. The van der Waals surface area contributed by atoms with E-state index >= 15 is 0 Å². The van der Waals surface area contributed by atoms with E-state index in [0.29, 0.717) is 12.0 Å². The van der Waals surface area contributed by atoms with Crippen LogP contribution in [0.5, 0.6) is 0 Å². The maximum atomic E-state index is 13.5. The van der Waals surface area contributed by atoms with Gasteiger partial charge in [0.1, 0.15) is 12.4 Å². The van der Waals surface area contributed by atoms with E-state index in [-0.39, 0.29) is 29.5 Å². The molecule has 0 aromatic heterocycles. The van der Waals surface area contributed by atoms with Crippen LogP contribution in [0.1, 0.15) is 26.3 Å². The SMILES string of the molecule is CC(C)C1COC(=O)N1C(=O)[C@@H](C)Cc1ccc(Cl)c(F)c1. The van der Waals surface area contributed by atoms with Crippen molar-refractivity contribution in [2.45, 2.75) is 33.2 Å². The predicted octanol–water partition coefficient (Wildman–Crippen LogP) is 3.66. The topological polar surface area (TPSA) is 46.6 Å². The van der Waals surface area contributed by atoms with Crippen molar-refractivity contribution < 1.29 is 18.7 Å². The standard InChI is InChI=1S/C16H19ClFNO3/c1-9(2)14-8-22-16(21)19(14)15(20)10(3)6-11-4-5-12(17)13(18)7-11/h4-5,7,9-10,14H,6,8H2,1-3H3/t10-,14?/m0/s1. The van der Waals surface area contributed by atoms with Crippen LogP contribution in [0, 0.1) is 17.7 Å². The zero-order chi connectivity index (χ0) is 16.4. The summed E-state index contributed by atoms with van der Waals surface area (Å²) in [5.74, 6) is -1.14. The van der Waals surface area contributed by atoms with Crippen molar-refractivity contribution in [3.63, 3.8) is 0 Å². The minimum atomic E-state index is -0.599. The molecule has 22 heavy (non-hydrogen) atoms. The Morgan fingerprint density at radius 2 is 2.14 bits per heavy atom. The van der Waals surface area contributed by atoms with Gasteiger partial charge in [0, 0.05) is 5.92 Å². The van der Waals surface area contributed by atoms with E-state index in [1.165, 1.54) is 17.0 Å². The fraction of sp³-hybridized carbons (Fsp3) is 0.500. The van der Waals surface area contributed by atoms with Gasteiger partial charge in [-0.2, -0.15) is 0 Å². The number of carbonyl (C=O) groups is 2. The van der Waals surface area contributed by atoms with Crippen LogP contribution in [0.2, 0.25) is 5.02 Å². The summed E-state index contributed by atoms with van der Waals surface area (Å²) in [6.45, 7) is 5.82. The summed E-state index contributed by atoms with van der Waals surface area (Å²) in [5, 5.41) is 0.0470. The summed E-state index contributed by atoms with van der Waals surface area (Å²) in [4.78, 5) is 25.5. The van der Waals surface area contributed by atoms with Crippen molar-refractivity contribution >= 4 is 23.6 Å². The molecule has 6 heteroatoms. The number of halogens is 2. The highest BCUT2D eigenvalue weighted by atomic mass is 35.5. The van der Waals surface area contributed by atoms with Gasteiger partial charge in [-0.3, -0.25) is 4.79 Å². The highest BCUT2D eigenvalue weighted by Gasteiger charge is 2.40. The maximum absolute atomic E-state index is 13.5. The summed E-state index contributed by atoms with van der Waals surface area (Å²) >= 11 is 5.65. The molecule has 1 heterocycles. The zero-order valence-corrected chi connectivity index (χ0v) is 13.6. The molecule has 1 aliphatic rings. The van der Waals surface area contributed by atoms with Crippen molar-refractivity contribution in [3.05, 3.63) is 34.6 Å². The average Bonchev–Trinajstić information content (AvgIpc) is 2.84. The lowest BCUT2D eigenvalue weighted by atomic mass is 9.97. The molecule has 1 unspecified atom stereocenters. The Morgan fingerprint density at radius 1 is 1.45 bits per heavy atom. The lowest BCUT2D eigenvalue weighted by molar-refractivity contribution is -0.133. The van der Waals surface area contributed by atoms with Gasteiger partial charge in [-0.25, -0.2) is 14.1 Å². The van der Waals surface area contributed by atoms with Crippen molar-refractivity contribution in [1.82, 2.24) is 4.90 Å². The number of imide groups is 1. The van der Waals surface area contributed by atoms with Crippen LogP contribution in [-0.4, -0.2) is 29.5 Å². The van der Waals surface area contributed by atoms with Crippen molar-refractivity contribution in [2.75, 3.05) is 6.61 Å². The minimum Gasteiger partial charge on any atom is -0.447 e. The number of rotatable bonds is 4. The van der Waals surface area contributed by atoms with Gasteiger partial charge in [0.2, 0.25) is 5.91 Å². The molecule has 0 bridgehead atoms. The number of nitrogens with zero attached hydrogens (tertiary/aromatic N) is 1. The Hall–Kier alpha value is -1.62. The van der Waals surface area contributed by atoms with E-state index in [1.807, 2.05) is 13.8 Å². The third-order valence-corrected chi connectivity index (χ3v) is 4.17. The number of hydrogen-bond donors (Lipinski definition) is 0. The Balaban J connectivity index is 2.11. The second kappa shape index (κ2) is 6.65. The highest BCUT2D eigenvalue weighted by molar-refractivity contribution is 6.30. The van der Waals surface area contributed by atoms with Crippen LogP contribution < -0.4 is 0 Å². The first-order valence-electron chi connectivity index (χ1n) is 7.25. The van der Waals surface area contributed by atoms with Crippen LogP contribution in [0.25, 0.3) is 0 Å². The fourth-order valence-electron chi connectivity index (χ4n) is 2.53. The van der Waals surface area contributed by atoms with Crippen LogP contribution in [0.15, 0.2) is 18.2 Å². The molecule has 1 aliphatic heterocycles. The fourth-order valence-corrected chi connectivity index (χ4v) is 2.64. The number of amides is 2. The van der Waals surface area contributed by atoms with Crippen LogP contribution in [0.3, 0.4) is 0 Å². The molecular formula is C16H19ClFNO3. The highest BCUT2D eigenvalue weighted by Crippen LogP contribution is 2.24. The molecule has 0 saturated carbocycles. The Morgan fingerprint density at radius 3 is 2.73 bits per heavy atom. The predicted molar refractivity (Wildman–Crippen MR) is 81.1 cm³/mol. The number of ether oxygens (including phenoxy) is 1. The molecule has 1 aromatic carbocycles. The minimum absolute atomic E-state index is 0.0470. The van der Waals surface area contributed by atoms with E-state index in [2.05, 4.69) is 0 Å². The first-order valence-corrected chi connectivity index (χ1v) is 7.62. The lowest BCUT2D eigenvalue weighted by Gasteiger charge is -2.25. The molecule has 0 radical (unpaired) electrons. The summed E-state index contributed by atoms with van der Waals surface area (Å²) in [6.07, 6.45) is -0.264. The normalized spacial score (nSPS) is 19.5. The molecule has 1 saturated heterocycles. The number of cyclic esters (lactones) is 1. The summed E-state index contributed by atoms with van der Waals surface area (Å²) in [6, 6.07) is 4.21.